The number of aromatic nitrogens is 1. The first-order valence-corrected chi connectivity index (χ1v) is 5.61. The summed E-state index contributed by atoms with van der Waals surface area (Å²) < 4.78 is 42.4. The van der Waals surface area contributed by atoms with Crippen molar-refractivity contribution < 1.29 is 17.9 Å². The van der Waals surface area contributed by atoms with Gasteiger partial charge in [0.1, 0.15) is 10.6 Å². The Labute approximate surface area is 88.1 Å². The van der Waals surface area contributed by atoms with Crippen molar-refractivity contribution in [1.82, 2.24) is 4.98 Å². The number of epoxide rings is 1. The van der Waals surface area contributed by atoms with Gasteiger partial charge in [0.25, 0.3) is 0 Å². The van der Waals surface area contributed by atoms with Crippen LogP contribution in [0.5, 0.6) is 0 Å². The maximum absolute atomic E-state index is 12.3. The number of thiazole rings is 1. The van der Waals surface area contributed by atoms with Gasteiger partial charge in [0.15, 0.2) is 5.69 Å². The second-order valence-corrected chi connectivity index (χ2v) is 4.78. The second-order valence-electron chi connectivity index (χ2n) is 3.92. The van der Waals surface area contributed by atoms with Crippen LogP contribution in [0.2, 0.25) is 0 Å². The highest BCUT2D eigenvalue weighted by molar-refractivity contribution is 7.09. The van der Waals surface area contributed by atoms with Crippen molar-refractivity contribution in [3.63, 3.8) is 0 Å². The Morgan fingerprint density at radius 3 is 2.80 bits per heavy atom. The van der Waals surface area contributed by atoms with Crippen molar-refractivity contribution in [3.05, 3.63) is 16.1 Å². The normalized spacial score (nSPS) is 34.2. The Bertz CT molecular complexity index is 402. The van der Waals surface area contributed by atoms with Crippen LogP contribution in [-0.2, 0) is 16.5 Å². The van der Waals surface area contributed by atoms with Gasteiger partial charge in [-0.2, -0.15) is 13.2 Å². The molecule has 82 valence electrons. The Kier molecular flexibility index (Phi) is 1.75. The molecular weight excluding hydrogens is 227 g/mol. The minimum atomic E-state index is -4.34. The first kappa shape index (κ1) is 9.59. The van der Waals surface area contributed by atoms with Crippen molar-refractivity contribution in [2.45, 2.75) is 37.1 Å². The standard InChI is InChI=1S/C9H8F3NOS/c10-9(11,12)5-4-15-7(13-5)8-3-1-2-6(8)14-8/h4,6H,1-3H2. The molecule has 3 rings (SSSR count). The molecule has 1 aromatic rings. The molecule has 0 spiro atoms. The Balaban J connectivity index is 1.92. The van der Waals surface area contributed by atoms with E-state index in [1.54, 1.807) is 0 Å². The minimum Gasteiger partial charge on any atom is -0.358 e. The third kappa shape index (κ3) is 1.31. The van der Waals surface area contributed by atoms with Gasteiger partial charge < -0.3 is 4.74 Å². The molecule has 1 saturated heterocycles. The van der Waals surface area contributed by atoms with E-state index in [4.69, 9.17) is 4.74 Å². The zero-order valence-corrected chi connectivity index (χ0v) is 8.49. The van der Waals surface area contributed by atoms with Crippen LogP contribution in [0.3, 0.4) is 0 Å². The monoisotopic (exact) mass is 235 g/mol. The summed E-state index contributed by atoms with van der Waals surface area (Å²) in [7, 11) is 0. The fourth-order valence-electron chi connectivity index (χ4n) is 2.18. The topological polar surface area (TPSA) is 25.4 Å². The first-order chi connectivity index (χ1) is 7.02. The largest absolute Gasteiger partial charge is 0.434 e. The van der Waals surface area contributed by atoms with Crippen LogP contribution in [0.15, 0.2) is 5.38 Å². The molecule has 1 aliphatic heterocycles. The lowest BCUT2D eigenvalue weighted by atomic mass is 10.1. The van der Waals surface area contributed by atoms with E-state index in [9.17, 15) is 13.2 Å². The van der Waals surface area contributed by atoms with E-state index in [1.807, 2.05) is 0 Å². The molecule has 0 amide bonds. The molecule has 2 atom stereocenters. The molecule has 1 aliphatic carbocycles. The van der Waals surface area contributed by atoms with E-state index in [1.165, 1.54) is 0 Å². The number of nitrogens with zero attached hydrogens (tertiary/aromatic N) is 1. The predicted octanol–water partition coefficient (Wildman–Crippen LogP) is 2.94. The summed E-state index contributed by atoms with van der Waals surface area (Å²) in [5.41, 5.74) is -1.24. The third-order valence-electron chi connectivity index (χ3n) is 2.99. The SMILES string of the molecule is FC(F)(F)c1csc(C23CCCC2O3)n1. The Morgan fingerprint density at radius 2 is 2.33 bits per heavy atom. The minimum absolute atomic E-state index is 0.115. The van der Waals surface area contributed by atoms with Crippen LogP contribution in [0.25, 0.3) is 0 Å². The highest BCUT2D eigenvalue weighted by atomic mass is 32.1. The molecule has 2 fully saturated rings. The number of rotatable bonds is 1. The average molecular weight is 235 g/mol. The van der Waals surface area contributed by atoms with E-state index < -0.39 is 17.5 Å². The van der Waals surface area contributed by atoms with Gasteiger partial charge in [-0.25, -0.2) is 4.98 Å². The maximum atomic E-state index is 12.3. The molecule has 0 radical (unpaired) electrons. The van der Waals surface area contributed by atoms with Crippen molar-refractivity contribution in [3.8, 4) is 0 Å². The van der Waals surface area contributed by atoms with Gasteiger partial charge >= 0.3 is 6.18 Å². The predicted molar refractivity (Wildman–Crippen MR) is 47.5 cm³/mol. The number of halogens is 3. The highest BCUT2D eigenvalue weighted by Crippen LogP contribution is 2.58. The fraction of sp³-hybridized carbons (Fsp3) is 0.667. The molecule has 2 nitrogen and oxygen atoms in total. The summed E-state index contributed by atoms with van der Waals surface area (Å²) in [5.74, 6) is 0. The van der Waals surface area contributed by atoms with Gasteiger partial charge in [-0.05, 0) is 19.3 Å². The van der Waals surface area contributed by atoms with Crippen molar-refractivity contribution in [2.24, 2.45) is 0 Å². The average Bonchev–Trinajstić information content (AvgIpc) is 2.63. The van der Waals surface area contributed by atoms with Crippen LogP contribution in [0.1, 0.15) is 30.0 Å². The molecule has 2 unspecified atom stereocenters. The zero-order valence-electron chi connectivity index (χ0n) is 7.67. The van der Waals surface area contributed by atoms with Crippen molar-refractivity contribution in [1.29, 1.82) is 0 Å². The van der Waals surface area contributed by atoms with Gasteiger partial charge in [0.2, 0.25) is 0 Å². The molecule has 0 aromatic carbocycles. The lowest BCUT2D eigenvalue weighted by Gasteiger charge is -2.04. The Hall–Kier alpha value is -0.620. The molecule has 0 N–H and O–H groups in total. The zero-order chi connectivity index (χ0) is 10.7. The molecule has 0 bridgehead atoms. The van der Waals surface area contributed by atoms with Crippen LogP contribution < -0.4 is 0 Å². The first-order valence-electron chi connectivity index (χ1n) is 4.73. The fourth-order valence-corrected chi connectivity index (χ4v) is 3.22. The lowest BCUT2D eigenvalue weighted by Crippen LogP contribution is -2.10. The van der Waals surface area contributed by atoms with Gasteiger partial charge in [-0.3, -0.25) is 0 Å². The molecule has 2 aliphatic rings. The second kappa shape index (κ2) is 2.74. The van der Waals surface area contributed by atoms with Gasteiger partial charge in [-0.15, -0.1) is 11.3 Å². The summed E-state index contributed by atoms with van der Waals surface area (Å²) in [4.78, 5) is 3.65. The number of hydrogen-bond acceptors (Lipinski definition) is 3. The van der Waals surface area contributed by atoms with Crippen molar-refractivity contribution in [2.75, 3.05) is 0 Å². The molecular formula is C9H8F3NOS. The third-order valence-corrected chi connectivity index (χ3v) is 3.99. The van der Waals surface area contributed by atoms with Crippen molar-refractivity contribution >= 4 is 11.3 Å². The van der Waals surface area contributed by atoms with E-state index in [0.717, 1.165) is 36.0 Å². The number of fused-ring (bicyclic) bond motifs is 1. The van der Waals surface area contributed by atoms with Crippen LogP contribution in [0, 0.1) is 0 Å². The van der Waals surface area contributed by atoms with E-state index in [-0.39, 0.29) is 6.10 Å². The van der Waals surface area contributed by atoms with Gasteiger partial charge in [0.05, 0.1) is 6.10 Å². The molecule has 15 heavy (non-hydrogen) atoms. The summed E-state index contributed by atoms with van der Waals surface area (Å²) in [6.45, 7) is 0. The number of ether oxygens (including phenoxy) is 1. The number of alkyl halides is 3. The smallest absolute Gasteiger partial charge is 0.358 e. The Morgan fingerprint density at radius 1 is 1.53 bits per heavy atom. The van der Waals surface area contributed by atoms with Crippen LogP contribution >= 0.6 is 11.3 Å². The number of hydrogen-bond donors (Lipinski definition) is 0. The lowest BCUT2D eigenvalue weighted by molar-refractivity contribution is -0.140. The van der Waals surface area contributed by atoms with Crippen LogP contribution in [-0.4, -0.2) is 11.1 Å². The van der Waals surface area contributed by atoms with Gasteiger partial charge in [0, 0.05) is 5.38 Å². The molecule has 1 saturated carbocycles. The van der Waals surface area contributed by atoms with E-state index in [0.29, 0.717) is 5.01 Å². The van der Waals surface area contributed by atoms with E-state index >= 15 is 0 Å². The summed E-state index contributed by atoms with van der Waals surface area (Å²) in [6.07, 6.45) is -1.45. The quantitative estimate of drug-likeness (QED) is 0.699. The summed E-state index contributed by atoms with van der Waals surface area (Å²) in [5, 5.41) is 1.57. The highest BCUT2D eigenvalue weighted by Gasteiger charge is 2.62. The van der Waals surface area contributed by atoms with E-state index in [2.05, 4.69) is 4.98 Å². The summed E-state index contributed by atoms with van der Waals surface area (Å²) in [6, 6.07) is 0. The maximum Gasteiger partial charge on any atom is 0.434 e. The molecule has 1 aromatic heterocycles. The summed E-state index contributed by atoms with van der Waals surface area (Å²) >= 11 is 1.06. The molecule has 2 heterocycles. The molecule has 6 heteroatoms. The van der Waals surface area contributed by atoms with Crippen LogP contribution in [0.4, 0.5) is 13.2 Å². The van der Waals surface area contributed by atoms with Gasteiger partial charge in [-0.1, -0.05) is 0 Å².